The second-order valence-electron chi connectivity index (χ2n) is 6.32. The minimum atomic E-state index is -0.478. The van der Waals surface area contributed by atoms with Crippen LogP contribution in [0.2, 0.25) is 5.02 Å². The second-order valence-corrected chi connectivity index (χ2v) is 6.73. The van der Waals surface area contributed by atoms with Gasteiger partial charge in [0.05, 0.1) is 11.6 Å². The van der Waals surface area contributed by atoms with Crippen LogP contribution in [0.3, 0.4) is 0 Å². The van der Waals surface area contributed by atoms with Gasteiger partial charge in [-0.05, 0) is 51.1 Å². The third-order valence-corrected chi connectivity index (χ3v) is 5.29. The SMILES string of the molecule is Cc1ccc(C(O)C2(N(C)C)CCCCCC2)cc1Cl. The van der Waals surface area contributed by atoms with Crippen molar-refractivity contribution in [2.75, 3.05) is 14.1 Å². The van der Waals surface area contributed by atoms with Crippen molar-refractivity contribution in [1.82, 2.24) is 4.90 Å². The fourth-order valence-corrected chi connectivity index (χ4v) is 3.58. The summed E-state index contributed by atoms with van der Waals surface area (Å²) in [7, 11) is 4.18. The van der Waals surface area contributed by atoms with Gasteiger partial charge in [0.1, 0.15) is 0 Å². The van der Waals surface area contributed by atoms with E-state index in [1.165, 1.54) is 25.7 Å². The van der Waals surface area contributed by atoms with Gasteiger partial charge in [-0.25, -0.2) is 0 Å². The van der Waals surface area contributed by atoms with E-state index in [0.717, 1.165) is 29.0 Å². The molecule has 1 aliphatic carbocycles. The van der Waals surface area contributed by atoms with Crippen LogP contribution in [0.25, 0.3) is 0 Å². The molecule has 1 N–H and O–H groups in total. The summed E-state index contributed by atoms with van der Waals surface area (Å²) >= 11 is 6.23. The zero-order valence-corrected chi connectivity index (χ0v) is 13.6. The van der Waals surface area contributed by atoms with Crippen LogP contribution in [0.1, 0.15) is 55.8 Å². The van der Waals surface area contributed by atoms with Crippen LogP contribution in [0.15, 0.2) is 18.2 Å². The molecule has 0 aromatic heterocycles. The molecule has 3 heteroatoms. The molecule has 20 heavy (non-hydrogen) atoms. The van der Waals surface area contributed by atoms with Crippen molar-refractivity contribution in [3.05, 3.63) is 34.3 Å². The third kappa shape index (κ3) is 3.03. The van der Waals surface area contributed by atoms with Gasteiger partial charge in [0.15, 0.2) is 0 Å². The molecule has 0 bridgehead atoms. The van der Waals surface area contributed by atoms with Crippen molar-refractivity contribution in [1.29, 1.82) is 0 Å². The van der Waals surface area contributed by atoms with Crippen LogP contribution in [0.4, 0.5) is 0 Å². The summed E-state index contributed by atoms with van der Waals surface area (Å²) < 4.78 is 0. The van der Waals surface area contributed by atoms with Crippen molar-refractivity contribution in [3.63, 3.8) is 0 Å². The molecule has 0 aliphatic heterocycles. The smallest absolute Gasteiger partial charge is 0.0973 e. The summed E-state index contributed by atoms with van der Waals surface area (Å²) in [5.41, 5.74) is 1.84. The summed E-state index contributed by atoms with van der Waals surface area (Å²) in [5.74, 6) is 0. The Kier molecular flexibility index (Phi) is 5.11. The molecule has 1 aliphatic rings. The summed E-state index contributed by atoms with van der Waals surface area (Å²) in [4.78, 5) is 2.22. The molecule has 0 radical (unpaired) electrons. The molecule has 1 unspecified atom stereocenters. The predicted molar refractivity (Wildman–Crippen MR) is 85.3 cm³/mol. The van der Waals surface area contributed by atoms with Crippen LogP contribution in [0.5, 0.6) is 0 Å². The average Bonchev–Trinajstić information content (AvgIpc) is 2.67. The first kappa shape index (κ1) is 15.8. The molecule has 1 atom stereocenters. The Morgan fingerprint density at radius 1 is 1.15 bits per heavy atom. The lowest BCUT2D eigenvalue weighted by Crippen LogP contribution is -2.49. The molecule has 1 fully saturated rings. The summed E-state index contributed by atoms with van der Waals surface area (Å²) in [5, 5.41) is 11.7. The van der Waals surface area contributed by atoms with Gasteiger partial charge < -0.3 is 10.0 Å². The highest BCUT2D eigenvalue weighted by molar-refractivity contribution is 6.31. The Balaban J connectivity index is 2.34. The number of hydrogen-bond acceptors (Lipinski definition) is 2. The Labute approximate surface area is 127 Å². The number of rotatable bonds is 3. The summed E-state index contributed by atoms with van der Waals surface area (Å²) in [6.45, 7) is 1.99. The number of likely N-dealkylation sites (N-methyl/N-ethyl adjacent to an activating group) is 1. The van der Waals surface area contributed by atoms with E-state index in [1.54, 1.807) is 0 Å². The van der Waals surface area contributed by atoms with Gasteiger partial charge in [0.2, 0.25) is 0 Å². The number of halogens is 1. The molecule has 2 nitrogen and oxygen atoms in total. The fourth-order valence-electron chi connectivity index (χ4n) is 3.40. The maximum absolute atomic E-state index is 11.0. The molecule has 1 aromatic carbocycles. The van der Waals surface area contributed by atoms with Gasteiger partial charge in [0, 0.05) is 5.02 Å². The first-order valence-corrected chi connectivity index (χ1v) is 7.97. The summed E-state index contributed by atoms with van der Waals surface area (Å²) in [6, 6.07) is 5.95. The Bertz CT molecular complexity index is 450. The van der Waals surface area contributed by atoms with Crippen LogP contribution in [0, 0.1) is 6.92 Å². The van der Waals surface area contributed by atoms with Crippen molar-refractivity contribution in [2.24, 2.45) is 0 Å². The highest BCUT2D eigenvalue weighted by Crippen LogP contribution is 2.41. The first-order valence-electron chi connectivity index (χ1n) is 7.59. The van der Waals surface area contributed by atoms with Gasteiger partial charge in [0.25, 0.3) is 0 Å². The van der Waals surface area contributed by atoms with Crippen LogP contribution in [-0.4, -0.2) is 29.6 Å². The van der Waals surface area contributed by atoms with Gasteiger partial charge >= 0.3 is 0 Å². The number of aliphatic hydroxyl groups excluding tert-OH is 1. The van der Waals surface area contributed by atoms with E-state index in [-0.39, 0.29) is 5.54 Å². The summed E-state index contributed by atoms with van der Waals surface area (Å²) in [6.07, 6.45) is 6.55. The standard InChI is InChI=1S/C17H26ClNO/c1-13-8-9-14(12-15(13)18)16(20)17(19(2)3)10-6-4-5-7-11-17/h8-9,12,16,20H,4-7,10-11H2,1-3H3. The number of benzene rings is 1. The normalized spacial score (nSPS) is 20.7. The largest absolute Gasteiger partial charge is 0.386 e. The Hall–Kier alpha value is -0.570. The van der Waals surface area contributed by atoms with E-state index < -0.39 is 6.10 Å². The molecular formula is C17H26ClNO. The van der Waals surface area contributed by atoms with Gasteiger partial charge in [-0.15, -0.1) is 0 Å². The predicted octanol–water partition coefficient (Wildman–Crippen LogP) is 4.34. The minimum Gasteiger partial charge on any atom is -0.386 e. The first-order chi connectivity index (χ1) is 9.47. The molecule has 0 spiro atoms. The van der Waals surface area contributed by atoms with Crippen molar-refractivity contribution in [2.45, 2.75) is 57.1 Å². The molecule has 0 saturated heterocycles. The van der Waals surface area contributed by atoms with E-state index in [2.05, 4.69) is 19.0 Å². The van der Waals surface area contributed by atoms with Crippen LogP contribution < -0.4 is 0 Å². The number of aryl methyl sites for hydroxylation is 1. The van der Waals surface area contributed by atoms with Gasteiger partial charge in [-0.2, -0.15) is 0 Å². The molecule has 1 aromatic rings. The topological polar surface area (TPSA) is 23.5 Å². The molecule has 112 valence electrons. The lowest BCUT2D eigenvalue weighted by Gasteiger charge is -2.43. The minimum absolute atomic E-state index is 0.158. The second kappa shape index (κ2) is 6.46. The maximum atomic E-state index is 11.0. The number of aliphatic hydroxyl groups is 1. The van der Waals surface area contributed by atoms with E-state index in [4.69, 9.17) is 11.6 Å². The van der Waals surface area contributed by atoms with E-state index in [9.17, 15) is 5.11 Å². The average molecular weight is 296 g/mol. The number of hydrogen-bond donors (Lipinski definition) is 1. The van der Waals surface area contributed by atoms with Crippen LogP contribution >= 0.6 is 11.6 Å². The zero-order chi connectivity index (χ0) is 14.8. The molecule has 0 amide bonds. The lowest BCUT2D eigenvalue weighted by molar-refractivity contribution is -0.0198. The Morgan fingerprint density at radius 3 is 2.25 bits per heavy atom. The lowest BCUT2D eigenvalue weighted by atomic mass is 9.80. The van der Waals surface area contributed by atoms with Gasteiger partial charge in [-0.1, -0.05) is 49.4 Å². The Morgan fingerprint density at radius 2 is 1.75 bits per heavy atom. The molecule has 2 rings (SSSR count). The monoisotopic (exact) mass is 295 g/mol. The third-order valence-electron chi connectivity index (χ3n) is 4.88. The molecular weight excluding hydrogens is 270 g/mol. The van der Waals surface area contributed by atoms with Crippen molar-refractivity contribution in [3.8, 4) is 0 Å². The zero-order valence-electron chi connectivity index (χ0n) is 12.8. The molecule has 0 heterocycles. The molecule has 1 saturated carbocycles. The van der Waals surface area contributed by atoms with E-state index in [0.29, 0.717) is 0 Å². The highest BCUT2D eigenvalue weighted by atomic mass is 35.5. The van der Waals surface area contributed by atoms with Crippen LogP contribution in [-0.2, 0) is 0 Å². The highest BCUT2D eigenvalue weighted by Gasteiger charge is 2.40. The fraction of sp³-hybridized carbons (Fsp3) is 0.647. The quantitative estimate of drug-likeness (QED) is 0.839. The van der Waals surface area contributed by atoms with Gasteiger partial charge in [-0.3, -0.25) is 0 Å². The number of nitrogens with zero attached hydrogens (tertiary/aromatic N) is 1. The maximum Gasteiger partial charge on any atom is 0.0973 e. The van der Waals surface area contributed by atoms with E-state index in [1.807, 2.05) is 25.1 Å². The van der Waals surface area contributed by atoms with Crippen molar-refractivity contribution >= 4 is 11.6 Å². The van der Waals surface area contributed by atoms with E-state index >= 15 is 0 Å². The van der Waals surface area contributed by atoms with Crippen molar-refractivity contribution < 1.29 is 5.11 Å².